The van der Waals surface area contributed by atoms with Gasteiger partial charge in [0.15, 0.2) is 0 Å². The quantitative estimate of drug-likeness (QED) is 0.456. The fourth-order valence-electron chi connectivity index (χ4n) is 4.47. The molecule has 0 bridgehead atoms. The number of aryl methyl sites for hydroxylation is 1. The van der Waals surface area contributed by atoms with Gasteiger partial charge in [0.25, 0.3) is 0 Å². The Bertz CT molecular complexity index is 1380. The molecule has 0 saturated carbocycles. The van der Waals surface area contributed by atoms with Gasteiger partial charge in [-0.3, -0.25) is 4.79 Å². The van der Waals surface area contributed by atoms with E-state index in [1.807, 2.05) is 64.8 Å². The predicted molar refractivity (Wildman–Crippen MR) is 127 cm³/mol. The zero-order valence-electron chi connectivity index (χ0n) is 19.3. The molecular formula is C26H24FN5O3. The number of carbonyl (C=O) groups excluding carboxylic acids is 2. The summed E-state index contributed by atoms with van der Waals surface area (Å²) >= 11 is 0. The molecular weight excluding hydrogens is 449 g/mol. The summed E-state index contributed by atoms with van der Waals surface area (Å²) in [4.78, 5) is 26.8. The summed E-state index contributed by atoms with van der Waals surface area (Å²) < 4.78 is 22.3. The molecule has 0 radical (unpaired) electrons. The molecule has 2 aromatic heterocycles. The average Bonchev–Trinajstić information content (AvgIpc) is 3.44. The molecule has 1 unspecified atom stereocenters. The number of amides is 2. The minimum Gasteiger partial charge on any atom is -0.468 e. The molecule has 1 N–H and O–H groups in total. The number of urea groups is 1. The van der Waals surface area contributed by atoms with Crippen LogP contribution in [0.4, 0.5) is 9.18 Å². The van der Waals surface area contributed by atoms with E-state index in [2.05, 4.69) is 10.1 Å². The van der Waals surface area contributed by atoms with Gasteiger partial charge in [-0.25, -0.2) is 13.9 Å². The van der Waals surface area contributed by atoms with E-state index in [1.54, 1.807) is 17.0 Å². The molecule has 8 nitrogen and oxygen atoms in total. The lowest BCUT2D eigenvalue weighted by molar-refractivity contribution is -0.139. The minimum atomic E-state index is -0.552. The first kappa shape index (κ1) is 22.4. The van der Waals surface area contributed by atoms with E-state index < -0.39 is 18.0 Å². The number of fused-ring (bicyclic) bond motifs is 3. The molecule has 0 spiro atoms. The molecule has 0 fully saturated rings. The van der Waals surface area contributed by atoms with Crippen LogP contribution in [0, 0.1) is 12.7 Å². The van der Waals surface area contributed by atoms with Gasteiger partial charge < -0.3 is 19.5 Å². The lowest BCUT2D eigenvalue weighted by Crippen LogP contribution is -2.44. The summed E-state index contributed by atoms with van der Waals surface area (Å²) in [5.74, 6) is -0.0916. The Balaban J connectivity index is 1.68. The van der Waals surface area contributed by atoms with E-state index in [0.29, 0.717) is 0 Å². The van der Waals surface area contributed by atoms with E-state index in [-0.39, 0.29) is 18.9 Å². The number of halogens is 1. The summed E-state index contributed by atoms with van der Waals surface area (Å²) in [7, 11) is 1.27. The lowest BCUT2D eigenvalue weighted by atomic mass is 10.0. The van der Waals surface area contributed by atoms with Gasteiger partial charge in [-0.15, -0.1) is 0 Å². The highest BCUT2D eigenvalue weighted by molar-refractivity contribution is 5.81. The molecule has 2 aromatic carbocycles. The molecule has 1 atom stereocenters. The van der Waals surface area contributed by atoms with Crippen molar-refractivity contribution >= 4 is 12.0 Å². The van der Waals surface area contributed by atoms with Crippen molar-refractivity contribution in [1.82, 2.24) is 24.6 Å². The smallest absolute Gasteiger partial charge is 0.325 e. The van der Waals surface area contributed by atoms with Gasteiger partial charge in [0.05, 0.1) is 36.8 Å². The Labute approximate surface area is 201 Å². The zero-order chi connectivity index (χ0) is 24.5. The number of benzene rings is 2. The third-order valence-corrected chi connectivity index (χ3v) is 6.15. The first-order chi connectivity index (χ1) is 17.0. The van der Waals surface area contributed by atoms with Crippen LogP contribution in [0.25, 0.3) is 11.5 Å². The second-order valence-corrected chi connectivity index (χ2v) is 8.25. The number of hydrogen-bond donors (Lipinski definition) is 1. The molecule has 0 aliphatic carbocycles. The molecule has 1 aliphatic heterocycles. The van der Waals surface area contributed by atoms with E-state index in [0.717, 1.165) is 34.0 Å². The van der Waals surface area contributed by atoms with E-state index in [1.165, 1.54) is 19.2 Å². The van der Waals surface area contributed by atoms with Crippen molar-refractivity contribution in [2.24, 2.45) is 0 Å². The Hall–Kier alpha value is -4.40. The molecule has 35 heavy (non-hydrogen) atoms. The SMILES string of the molecule is COC(=O)CNC(=O)N1Cc2c(C)nn(-c3ccccc3)c2-n2cccc2C1c1ccc(F)cc1. The van der Waals surface area contributed by atoms with Crippen LogP contribution in [-0.2, 0) is 16.1 Å². The topological polar surface area (TPSA) is 81.4 Å². The van der Waals surface area contributed by atoms with Crippen molar-refractivity contribution in [3.05, 3.63) is 101 Å². The molecule has 4 aromatic rings. The van der Waals surface area contributed by atoms with Crippen molar-refractivity contribution in [2.75, 3.05) is 13.7 Å². The molecule has 1 aliphatic rings. The van der Waals surface area contributed by atoms with Gasteiger partial charge in [-0.2, -0.15) is 5.10 Å². The Morgan fingerprint density at radius 1 is 1.09 bits per heavy atom. The second kappa shape index (κ2) is 9.09. The number of ether oxygens (including phenoxy) is 1. The number of nitrogens with zero attached hydrogens (tertiary/aromatic N) is 4. The molecule has 3 heterocycles. The summed E-state index contributed by atoms with van der Waals surface area (Å²) in [6.07, 6.45) is 1.93. The minimum absolute atomic E-state index is 0.227. The molecule has 5 rings (SSSR count). The van der Waals surface area contributed by atoms with Gasteiger partial charge in [-0.05, 0) is 48.9 Å². The standard InChI is InChI=1S/C26H24FN5O3/c1-17-21-16-31(26(34)28-15-23(33)35-2)24(18-10-12-19(27)13-11-18)22-9-6-14-30(22)25(21)32(29-17)20-7-4-3-5-8-20/h3-14,24H,15-16H2,1-2H3,(H,28,34). The van der Waals surface area contributed by atoms with Crippen LogP contribution in [0.1, 0.15) is 28.6 Å². The van der Waals surface area contributed by atoms with Gasteiger partial charge in [0.2, 0.25) is 0 Å². The van der Waals surface area contributed by atoms with Crippen LogP contribution >= 0.6 is 0 Å². The summed E-state index contributed by atoms with van der Waals surface area (Å²) in [5, 5.41) is 7.44. The highest BCUT2D eigenvalue weighted by Crippen LogP contribution is 2.38. The van der Waals surface area contributed by atoms with Gasteiger partial charge in [0, 0.05) is 11.8 Å². The fourth-order valence-corrected chi connectivity index (χ4v) is 4.47. The van der Waals surface area contributed by atoms with Crippen molar-refractivity contribution in [3.63, 3.8) is 0 Å². The first-order valence-electron chi connectivity index (χ1n) is 11.2. The number of rotatable bonds is 4. The molecule has 9 heteroatoms. The predicted octanol–water partition coefficient (Wildman–Crippen LogP) is 3.90. The zero-order valence-corrected chi connectivity index (χ0v) is 19.3. The molecule has 2 amide bonds. The average molecular weight is 474 g/mol. The van der Waals surface area contributed by atoms with Crippen molar-refractivity contribution < 1.29 is 18.7 Å². The van der Waals surface area contributed by atoms with Crippen LogP contribution in [0.2, 0.25) is 0 Å². The molecule has 178 valence electrons. The van der Waals surface area contributed by atoms with Crippen LogP contribution in [0.3, 0.4) is 0 Å². The highest BCUT2D eigenvalue weighted by atomic mass is 19.1. The normalized spacial score (nSPS) is 14.6. The Morgan fingerprint density at radius 2 is 1.83 bits per heavy atom. The number of aromatic nitrogens is 3. The third kappa shape index (κ3) is 4.05. The fraction of sp³-hybridized carbons (Fsp3) is 0.192. The van der Waals surface area contributed by atoms with Crippen LogP contribution in [0.5, 0.6) is 0 Å². The number of nitrogens with one attached hydrogen (secondary N) is 1. The summed E-state index contributed by atoms with van der Waals surface area (Å²) in [5.41, 5.74) is 4.07. The van der Waals surface area contributed by atoms with E-state index in [4.69, 9.17) is 5.10 Å². The second-order valence-electron chi connectivity index (χ2n) is 8.25. The maximum atomic E-state index is 13.8. The number of carbonyl (C=O) groups is 2. The number of esters is 1. The van der Waals surface area contributed by atoms with Crippen molar-refractivity contribution in [2.45, 2.75) is 19.5 Å². The number of hydrogen-bond acceptors (Lipinski definition) is 4. The van der Waals surface area contributed by atoms with Crippen LogP contribution in [-0.4, -0.2) is 44.9 Å². The lowest BCUT2D eigenvalue weighted by Gasteiger charge is -2.31. The number of para-hydroxylation sites is 1. The maximum Gasteiger partial charge on any atom is 0.325 e. The Morgan fingerprint density at radius 3 is 2.54 bits per heavy atom. The summed E-state index contributed by atoms with van der Waals surface area (Å²) in [6, 6.07) is 18.7. The van der Waals surface area contributed by atoms with Gasteiger partial charge in [0.1, 0.15) is 18.2 Å². The van der Waals surface area contributed by atoms with Gasteiger partial charge in [-0.1, -0.05) is 30.3 Å². The number of methoxy groups -OCH3 is 1. The van der Waals surface area contributed by atoms with Crippen LogP contribution in [0.15, 0.2) is 72.9 Å². The molecule has 0 saturated heterocycles. The maximum absolute atomic E-state index is 13.8. The van der Waals surface area contributed by atoms with Crippen LogP contribution < -0.4 is 5.32 Å². The third-order valence-electron chi connectivity index (χ3n) is 6.15. The first-order valence-corrected chi connectivity index (χ1v) is 11.2. The monoisotopic (exact) mass is 473 g/mol. The Kier molecular flexibility index (Phi) is 5.82. The largest absolute Gasteiger partial charge is 0.468 e. The van der Waals surface area contributed by atoms with Crippen molar-refractivity contribution in [1.29, 1.82) is 0 Å². The van der Waals surface area contributed by atoms with Gasteiger partial charge >= 0.3 is 12.0 Å². The van der Waals surface area contributed by atoms with Crippen molar-refractivity contribution in [3.8, 4) is 11.5 Å². The van der Waals surface area contributed by atoms with E-state index in [9.17, 15) is 14.0 Å². The van der Waals surface area contributed by atoms with E-state index >= 15 is 0 Å². The highest BCUT2D eigenvalue weighted by Gasteiger charge is 2.36. The summed E-state index contributed by atoms with van der Waals surface area (Å²) in [6.45, 7) is 1.87.